The van der Waals surface area contributed by atoms with E-state index in [-0.39, 0.29) is 6.10 Å². The Balaban J connectivity index is 2.38. The Labute approximate surface area is 113 Å². The van der Waals surface area contributed by atoms with E-state index in [0.717, 1.165) is 0 Å². The second-order valence-corrected chi connectivity index (χ2v) is 4.09. The molecule has 0 aromatic carbocycles. The second kappa shape index (κ2) is 9.91. The largest absolute Gasteiger partial charge is 0.466 e. The van der Waals surface area contributed by atoms with Gasteiger partial charge in [-0.15, -0.1) is 0 Å². The van der Waals surface area contributed by atoms with Crippen molar-refractivity contribution in [1.29, 1.82) is 0 Å². The van der Waals surface area contributed by atoms with Gasteiger partial charge in [0.25, 0.3) is 0 Å². The van der Waals surface area contributed by atoms with Gasteiger partial charge in [0.1, 0.15) is 0 Å². The molecule has 0 N–H and O–H groups in total. The van der Waals surface area contributed by atoms with Crippen LogP contribution in [0.5, 0.6) is 0 Å². The van der Waals surface area contributed by atoms with Gasteiger partial charge in [-0.25, -0.2) is 4.79 Å². The van der Waals surface area contributed by atoms with Crippen LogP contribution in [-0.4, -0.2) is 65.4 Å². The van der Waals surface area contributed by atoms with Crippen LogP contribution in [0, 0.1) is 0 Å². The Morgan fingerprint density at radius 3 is 2.32 bits per heavy atom. The monoisotopic (exact) mass is 274 g/mol. The van der Waals surface area contributed by atoms with Gasteiger partial charge in [-0.1, -0.05) is 6.58 Å². The van der Waals surface area contributed by atoms with E-state index in [1.807, 2.05) is 0 Å². The SMILES string of the molecule is C=C(CC1COCCOCCOCCO1)C(=O)OC. The van der Waals surface area contributed by atoms with Gasteiger partial charge in [0, 0.05) is 12.0 Å². The van der Waals surface area contributed by atoms with Crippen molar-refractivity contribution in [2.75, 3.05) is 53.4 Å². The molecule has 6 heteroatoms. The molecule has 1 aliphatic heterocycles. The van der Waals surface area contributed by atoms with Crippen LogP contribution >= 0.6 is 0 Å². The summed E-state index contributed by atoms with van der Waals surface area (Å²) in [4.78, 5) is 11.3. The van der Waals surface area contributed by atoms with E-state index in [4.69, 9.17) is 18.9 Å². The predicted molar refractivity (Wildman–Crippen MR) is 68.0 cm³/mol. The van der Waals surface area contributed by atoms with E-state index in [1.54, 1.807) is 0 Å². The Bertz CT molecular complexity index is 266. The van der Waals surface area contributed by atoms with Crippen LogP contribution in [0.2, 0.25) is 0 Å². The molecule has 1 fully saturated rings. The normalized spacial score (nSPS) is 22.9. The first-order chi connectivity index (χ1) is 9.24. The lowest BCUT2D eigenvalue weighted by Gasteiger charge is -2.19. The molecule has 1 rings (SSSR count). The minimum Gasteiger partial charge on any atom is -0.466 e. The molecule has 1 aliphatic rings. The van der Waals surface area contributed by atoms with Gasteiger partial charge in [-0.05, 0) is 0 Å². The van der Waals surface area contributed by atoms with Crippen molar-refractivity contribution >= 4 is 5.97 Å². The first-order valence-electron chi connectivity index (χ1n) is 6.35. The minimum atomic E-state index is -0.422. The van der Waals surface area contributed by atoms with E-state index in [1.165, 1.54) is 7.11 Å². The Kier molecular flexibility index (Phi) is 8.40. The quantitative estimate of drug-likeness (QED) is 0.553. The van der Waals surface area contributed by atoms with Crippen LogP contribution < -0.4 is 0 Å². The summed E-state index contributed by atoms with van der Waals surface area (Å²) in [7, 11) is 1.33. The summed E-state index contributed by atoms with van der Waals surface area (Å²) in [6.07, 6.45) is 0.155. The Morgan fingerprint density at radius 2 is 1.68 bits per heavy atom. The number of carbonyl (C=O) groups excluding carboxylic acids is 1. The molecule has 0 aromatic rings. The summed E-state index contributed by atoms with van der Waals surface area (Å²) in [5, 5.41) is 0. The van der Waals surface area contributed by atoms with Gasteiger partial charge in [0.05, 0.1) is 59.5 Å². The molecule has 0 spiro atoms. The minimum absolute atomic E-state index is 0.227. The Morgan fingerprint density at radius 1 is 1.11 bits per heavy atom. The first-order valence-corrected chi connectivity index (χ1v) is 6.35. The van der Waals surface area contributed by atoms with E-state index < -0.39 is 5.97 Å². The fourth-order valence-corrected chi connectivity index (χ4v) is 1.60. The summed E-state index contributed by atoms with van der Waals surface area (Å²) in [6, 6.07) is 0. The number of ether oxygens (including phenoxy) is 5. The van der Waals surface area contributed by atoms with Gasteiger partial charge in [-0.2, -0.15) is 0 Å². The van der Waals surface area contributed by atoms with Crippen molar-refractivity contribution in [3.63, 3.8) is 0 Å². The third-order valence-corrected chi connectivity index (χ3v) is 2.58. The van der Waals surface area contributed by atoms with Crippen molar-refractivity contribution in [3.8, 4) is 0 Å². The second-order valence-electron chi connectivity index (χ2n) is 4.09. The molecule has 1 atom stereocenters. The zero-order valence-electron chi connectivity index (χ0n) is 11.4. The molecule has 6 nitrogen and oxygen atoms in total. The highest BCUT2D eigenvalue weighted by molar-refractivity contribution is 5.87. The summed E-state index contributed by atoms with van der Waals surface area (Å²) < 4.78 is 26.3. The number of hydrogen-bond acceptors (Lipinski definition) is 6. The maximum atomic E-state index is 11.3. The highest BCUT2D eigenvalue weighted by atomic mass is 16.6. The molecule has 0 radical (unpaired) electrons. The number of methoxy groups -OCH3 is 1. The number of hydrogen-bond donors (Lipinski definition) is 0. The van der Waals surface area contributed by atoms with E-state index in [2.05, 4.69) is 11.3 Å². The lowest BCUT2D eigenvalue weighted by atomic mass is 10.1. The van der Waals surface area contributed by atoms with E-state index >= 15 is 0 Å². The topological polar surface area (TPSA) is 63.2 Å². The first kappa shape index (κ1) is 16.1. The van der Waals surface area contributed by atoms with Crippen LogP contribution in [-0.2, 0) is 28.5 Å². The molecule has 110 valence electrons. The molecular formula is C13H22O6. The summed E-state index contributed by atoms with van der Waals surface area (Å²) >= 11 is 0. The highest BCUT2D eigenvalue weighted by Gasteiger charge is 2.16. The van der Waals surface area contributed by atoms with Crippen molar-refractivity contribution in [2.45, 2.75) is 12.5 Å². The molecule has 0 aliphatic carbocycles. The van der Waals surface area contributed by atoms with E-state index in [9.17, 15) is 4.79 Å². The van der Waals surface area contributed by atoms with Crippen molar-refractivity contribution in [1.82, 2.24) is 0 Å². The van der Waals surface area contributed by atoms with Crippen LogP contribution in [0.3, 0.4) is 0 Å². The van der Waals surface area contributed by atoms with Crippen LogP contribution in [0.25, 0.3) is 0 Å². The van der Waals surface area contributed by atoms with Gasteiger partial charge in [0.15, 0.2) is 0 Å². The average Bonchev–Trinajstić information content (AvgIpc) is 2.40. The lowest BCUT2D eigenvalue weighted by molar-refractivity contribution is -0.136. The molecule has 0 saturated carbocycles. The zero-order chi connectivity index (χ0) is 13.9. The number of esters is 1. The van der Waals surface area contributed by atoms with Crippen LogP contribution in [0.4, 0.5) is 0 Å². The van der Waals surface area contributed by atoms with Crippen molar-refractivity contribution in [3.05, 3.63) is 12.2 Å². The molecule has 0 bridgehead atoms. The summed E-state index contributed by atoms with van der Waals surface area (Å²) in [5.74, 6) is -0.422. The van der Waals surface area contributed by atoms with Gasteiger partial charge >= 0.3 is 5.97 Å². The maximum absolute atomic E-state index is 11.3. The van der Waals surface area contributed by atoms with Crippen molar-refractivity contribution < 1.29 is 28.5 Å². The molecule has 0 amide bonds. The number of rotatable bonds is 3. The Hall–Kier alpha value is -0.950. The standard InChI is InChI=1S/C13H22O6/c1-11(13(14)15-2)9-12-10-18-6-5-16-3-4-17-7-8-19-12/h12H,1,3-10H2,2H3. The average molecular weight is 274 g/mol. The molecule has 1 heterocycles. The fourth-order valence-electron chi connectivity index (χ4n) is 1.60. The zero-order valence-corrected chi connectivity index (χ0v) is 11.4. The fraction of sp³-hybridized carbons (Fsp3) is 0.769. The molecule has 0 aromatic heterocycles. The smallest absolute Gasteiger partial charge is 0.333 e. The molecule has 1 saturated heterocycles. The summed E-state index contributed by atoms with van der Waals surface area (Å²) in [6.45, 7) is 7.13. The third-order valence-electron chi connectivity index (χ3n) is 2.58. The molecule has 1 unspecified atom stereocenters. The lowest BCUT2D eigenvalue weighted by Crippen LogP contribution is -2.26. The third kappa shape index (κ3) is 7.27. The van der Waals surface area contributed by atoms with Gasteiger partial charge in [0.2, 0.25) is 0 Å². The van der Waals surface area contributed by atoms with Gasteiger partial charge < -0.3 is 23.7 Å². The highest BCUT2D eigenvalue weighted by Crippen LogP contribution is 2.09. The molecular weight excluding hydrogens is 252 g/mol. The summed E-state index contributed by atoms with van der Waals surface area (Å²) in [5.41, 5.74) is 0.375. The maximum Gasteiger partial charge on any atom is 0.333 e. The number of carbonyl (C=O) groups is 1. The van der Waals surface area contributed by atoms with E-state index in [0.29, 0.717) is 58.2 Å². The van der Waals surface area contributed by atoms with Crippen molar-refractivity contribution in [2.24, 2.45) is 0 Å². The molecule has 19 heavy (non-hydrogen) atoms. The predicted octanol–water partition coefficient (Wildman–Crippen LogP) is 0.554. The van der Waals surface area contributed by atoms with Crippen LogP contribution in [0.1, 0.15) is 6.42 Å². The van der Waals surface area contributed by atoms with Gasteiger partial charge in [-0.3, -0.25) is 0 Å². The van der Waals surface area contributed by atoms with Crippen LogP contribution in [0.15, 0.2) is 12.2 Å².